The minimum atomic E-state index is 0.504. The molecule has 2 aliphatic rings. The Hall–Kier alpha value is -1.88. The fourth-order valence-electron chi connectivity index (χ4n) is 4.23. The van der Waals surface area contributed by atoms with E-state index in [1.807, 2.05) is 12.1 Å². The number of aromatic amines is 1. The lowest BCUT2D eigenvalue weighted by Gasteiger charge is -2.39. The molecule has 1 saturated heterocycles. The number of likely N-dealkylation sites (tertiary alicyclic amines) is 1. The Morgan fingerprint density at radius 2 is 1.71 bits per heavy atom. The fraction of sp³-hybridized carbons (Fsp3) is 0.579. The van der Waals surface area contributed by atoms with Crippen molar-refractivity contribution >= 4 is 0 Å². The first-order valence-corrected chi connectivity index (χ1v) is 9.26. The van der Waals surface area contributed by atoms with Gasteiger partial charge in [0.05, 0.1) is 0 Å². The van der Waals surface area contributed by atoms with Crippen LogP contribution in [0.25, 0.3) is 0 Å². The molecule has 2 fully saturated rings. The average Bonchev–Trinajstić information content (AvgIpc) is 3.16. The van der Waals surface area contributed by atoms with E-state index in [2.05, 4.69) is 32.4 Å². The van der Waals surface area contributed by atoms with Crippen molar-refractivity contribution in [3.8, 4) is 11.6 Å². The van der Waals surface area contributed by atoms with Gasteiger partial charge < -0.3 is 9.64 Å². The van der Waals surface area contributed by atoms with Crippen molar-refractivity contribution in [2.75, 3.05) is 13.1 Å². The maximum Gasteiger partial charge on any atom is 0.258 e. The summed E-state index contributed by atoms with van der Waals surface area (Å²) < 4.78 is 5.65. The van der Waals surface area contributed by atoms with Crippen molar-refractivity contribution in [1.29, 1.82) is 0 Å². The van der Waals surface area contributed by atoms with Crippen LogP contribution in [-0.2, 0) is 0 Å². The summed E-state index contributed by atoms with van der Waals surface area (Å²) in [5.74, 6) is 2.02. The van der Waals surface area contributed by atoms with Crippen molar-refractivity contribution in [2.24, 2.45) is 0 Å². The van der Waals surface area contributed by atoms with E-state index in [0.29, 0.717) is 11.8 Å². The molecule has 128 valence electrons. The van der Waals surface area contributed by atoms with Gasteiger partial charge in [0.25, 0.3) is 5.88 Å². The molecule has 1 aromatic carbocycles. The Labute approximate surface area is 143 Å². The van der Waals surface area contributed by atoms with Gasteiger partial charge in [-0.2, -0.15) is 10.3 Å². The molecule has 0 radical (unpaired) electrons. The van der Waals surface area contributed by atoms with Crippen LogP contribution in [0.4, 0.5) is 0 Å². The molecule has 1 aliphatic heterocycles. The lowest BCUT2D eigenvalue weighted by Crippen LogP contribution is -2.41. The van der Waals surface area contributed by atoms with Crippen LogP contribution in [0.15, 0.2) is 30.5 Å². The maximum absolute atomic E-state index is 5.65. The van der Waals surface area contributed by atoms with Gasteiger partial charge in [-0.25, -0.2) is 0 Å². The van der Waals surface area contributed by atoms with E-state index in [1.54, 1.807) is 6.20 Å². The minimum Gasteiger partial charge on any atom is -0.436 e. The van der Waals surface area contributed by atoms with Gasteiger partial charge in [0.2, 0.25) is 0 Å². The standard InChI is InChI=1S/C19H26N4O/c1-2-12-23(13-3-1)17-8-4-15(5-9-17)16-6-10-18(11-7-16)24-19-14-20-22-21-19/h6-7,10-11,14-15,17H,1-5,8-9,12-13H2,(H,20,21,22). The third-order valence-electron chi connectivity index (χ3n) is 5.57. The van der Waals surface area contributed by atoms with Gasteiger partial charge in [-0.1, -0.05) is 18.6 Å². The monoisotopic (exact) mass is 326 g/mol. The van der Waals surface area contributed by atoms with E-state index < -0.39 is 0 Å². The van der Waals surface area contributed by atoms with Gasteiger partial charge >= 0.3 is 0 Å². The molecule has 1 aliphatic carbocycles. The SMILES string of the molecule is c1cc(C2CCC(N3CCCCC3)CC2)ccc1Oc1cn[nH]n1. The Morgan fingerprint density at radius 3 is 2.38 bits per heavy atom. The first-order valence-electron chi connectivity index (χ1n) is 9.26. The van der Waals surface area contributed by atoms with Crippen LogP contribution in [0.3, 0.4) is 0 Å². The highest BCUT2D eigenvalue weighted by atomic mass is 16.5. The molecule has 0 bridgehead atoms. The molecule has 2 heterocycles. The van der Waals surface area contributed by atoms with Gasteiger partial charge in [0.15, 0.2) is 0 Å². The van der Waals surface area contributed by atoms with Gasteiger partial charge in [0.1, 0.15) is 11.9 Å². The summed E-state index contributed by atoms with van der Waals surface area (Å²) in [5.41, 5.74) is 1.44. The van der Waals surface area contributed by atoms with Crippen LogP contribution in [-0.4, -0.2) is 39.4 Å². The molecule has 0 amide bonds. The van der Waals surface area contributed by atoms with E-state index in [9.17, 15) is 0 Å². The van der Waals surface area contributed by atoms with Crippen molar-refractivity contribution in [1.82, 2.24) is 20.3 Å². The van der Waals surface area contributed by atoms with E-state index in [-0.39, 0.29) is 0 Å². The van der Waals surface area contributed by atoms with E-state index in [1.165, 1.54) is 63.6 Å². The summed E-state index contributed by atoms with van der Waals surface area (Å²) in [6.07, 6.45) is 11.1. The van der Waals surface area contributed by atoms with E-state index in [0.717, 1.165) is 11.8 Å². The third-order valence-corrected chi connectivity index (χ3v) is 5.57. The second kappa shape index (κ2) is 7.34. The predicted octanol–water partition coefficient (Wildman–Crippen LogP) is 4.11. The van der Waals surface area contributed by atoms with Crippen molar-refractivity contribution in [3.05, 3.63) is 36.0 Å². The largest absolute Gasteiger partial charge is 0.436 e. The smallest absolute Gasteiger partial charge is 0.258 e. The molecular formula is C19H26N4O. The Balaban J connectivity index is 1.32. The van der Waals surface area contributed by atoms with Gasteiger partial charge in [-0.05, 0) is 75.2 Å². The number of nitrogens with zero attached hydrogens (tertiary/aromatic N) is 3. The second-order valence-electron chi connectivity index (χ2n) is 7.08. The molecule has 5 nitrogen and oxygen atoms in total. The Morgan fingerprint density at radius 1 is 0.958 bits per heavy atom. The van der Waals surface area contributed by atoms with Crippen LogP contribution in [0.1, 0.15) is 56.4 Å². The van der Waals surface area contributed by atoms with Crippen molar-refractivity contribution in [2.45, 2.75) is 56.9 Å². The van der Waals surface area contributed by atoms with Crippen LogP contribution < -0.4 is 4.74 Å². The molecule has 4 rings (SSSR count). The number of hydrogen-bond donors (Lipinski definition) is 1. The summed E-state index contributed by atoms with van der Waals surface area (Å²) in [6, 6.07) is 9.33. The van der Waals surface area contributed by atoms with E-state index >= 15 is 0 Å². The summed E-state index contributed by atoms with van der Waals surface area (Å²) in [7, 11) is 0. The number of rotatable bonds is 4. The van der Waals surface area contributed by atoms with Gasteiger partial charge in [-0.3, -0.25) is 0 Å². The molecule has 0 unspecified atom stereocenters. The van der Waals surface area contributed by atoms with Crippen LogP contribution >= 0.6 is 0 Å². The molecule has 2 aromatic rings. The van der Waals surface area contributed by atoms with Crippen LogP contribution in [0, 0.1) is 0 Å². The van der Waals surface area contributed by atoms with Gasteiger partial charge in [-0.15, -0.1) is 5.10 Å². The van der Waals surface area contributed by atoms with E-state index in [4.69, 9.17) is 4.74 Å². The minimum absolute atomic E-state index is 0.504. The number of ether oxygens (including phenoxy) is 1. The second-order valence-corrected chi connectivity index (χ2v) is 7.08. The highest BCUT2D eigenvalue weighted by Gasteiger charge is 2.27. The first kappa shape index (κ1) is 15.6. The first-order chi connectivity index (χ1) is 11.9. The van der Waals surface area contributed by atoms with Gasteiger partial charge in [0, 0.05) is 6.04 Å². The molecule has 1 N–H and O–H groups in total. The molecular weight excluding hydrogens is 300 g/mol. The van der Waals surface area contributed by atoms with Crippen molar-refractivity contribution < 1.29 is 4.74 Å². The van der Waals surface area contributed by atoms with Crippen molar-refractivity contribution in [3.63, 3.8) is 0 Å². The zero-order chi connectivity index (χ0) is 16.2. The maximum atomic E-state index is 5.65. The van der Waals surface area contributed by atoms with Crippen LogP contribution in [0.2, 0.25) is 0 Å². The number of H-pyrrole nitrogens is 1. The zero-order valence-corrected chi connectivity index (χ0v) is 14.2. The lowest BCUT2D eigenvalue weighted by atomic mass is 9.81. The fourth-order valence-corrected chi connectivity index (χ4v) is 4.23. The normalized spacial score (nSPS) is 25.5. The number of hydrogen-bond acceptors (Lipinski definition) is 4. The summed E-state index contributed by atoms with van der Waals surface area (Å²) in [4.78, 5) is 2.74. The number of aromatic nitrogens is 3. The average molecular weight is 326 g/mol. The molecule has 5 heteroatoms. The zero-order valence-electron chi connectivity index (χ0n) is 14.2. The molecule has 24 heavy (non-hydrogen) atoms. The lowest BCUT2D eigenvalue weighted by molar-refractivity contribution is 0.125. The number of benzene rings is 1. The highest BCUT2D eigenvalue weighted by molar-refractivity contribution is 5.31. The molecule has 1 aromatic heterocycles. The number of nitrogens with one attached hydrogen (secondary N) is 1. The Kier molecular flexibility index (Phi) is 4.78. The summed E-state index contributed by atoms with van der Waals surface area (Å²) in [5, 5.41) is 10.2. The summed E-state index contributed by atoms with van der Waals surface area (Å²) in [6.45, 7) is 2.65. The topological polar surface area (TPSA) is 54.0 Å². The Bertz CT molecular complexity index is 611. The molecule has 0 spiro atoms. The summed E-state index contributed by atoms with van der Waals surface area (Å²) >= 11 is 0. The predicted molar refractivity (Wildman–Crippen MR) is 93.3 cm³/mol. The third kappa shape index (κ3) is 3.61. The molecule has 0 atom stereocenters. The highest BCUT2D eigenvalue weighted by Crippen LogP contribution is 2.36. The molecule has 1 saturated carbocycles. The van der Waals surface area contributed by atoms with Crippen LogP contribution in [0.5, 0.6) is 11.6 Å². The number of piperidine rings is 1. The quantitative estimate of drug-likeness (QED) is 0.918.